The van der Waals surface area contributed by atoms with E-state index in [-0.39, 0.29) is 17.1 Å². The molecule has 27 heavy (non-hydrogen) atoms. The Morgan fingerprint density at radius 2 is 1.74 bits per heavy atom. The van der Waals surface area contributed by atoms with Gasteiger partial charge in [0.15, 0.2) is 29.7 Å². The molecule has 0 fully saturated rings. The minimum atomic E-state index is -1.10. The van der Waals surface area contributed by atoms with Gasteiger partial charge in [0.25, 0.3) is 0 Å². The molecule has 0 bridgehead atoms. The van der Waals surface area contributed by atoms with E-state index in [1.54, 1.807) is 43.3 Å². The molecule has 0 amide bonds. The maximum absolute atomic E-state index is 12.5. The third kappa shape index (κ3) is 3.87. The molecule has 0 aliphatic heterocycles. The van der Waals surface area contributed by atoms with E-state index >= 15 is 0 Å². The van der Waals surface area contributed by atoms with Crippen LogP contribution < -0.4 is 9.47 Å². The zero-order valence-corrected chi connectivity index (χ0v) is 16.5. The highest BCUT2D eigenvalue weighted by molar-refractivity contribution is 14.1. The first-order valence-corrected chi connectivity index (χ1v) is 9.21. The standard InChI is InChI=1S/C20H15IO6/c1-2-26-16-9-11(8-15(21)20(16)27-10-17(22)23)7-14-18(24)12-5-3-4-6-13(12)19(14)25/h3-9H,2,10H2,1H3,(H,22,23). The smallest absolute Gasteiger partial charge is 0.341 e. The van der Waals surface area contributed by atoms with Gasteiger partial charge in [0.2, 0.25) is 0 Å². The molecule has 0 atom stereocenters. The molecule has 3 rings (SSSR count). The lowest BCUT2D eigenvalue weighted by Crippen LogP contribution is -2.11. The van der Waals surface area contributed by atoms with E-state index in [4.69, 9.17) is 14.6 Å². The van der Waals surface area contributed by atoms with Crippen LogP contribution >= 0.6 is 22.6 Å². The van der Waals surface area contributed by atoms with Crippen LogP contribution in [0.2, 0.25) is 0 Å². The van der Waals surface area contributed by atoms with E-state index in [1.807, 2.05) is 22.6 Å². The first-order valence-electron chi connectivity index (χ1n) is 8.13. The van der Waals surface area contributed by atoms with E-state index < -0.39 is 12.6 Å². The quantitative estimate of drug-likeness (QED) is 0.388. The van der Waals surface area contributed by atoms with Crippen molar-refractivity contribution in [2.24, 2.45) is 0 Å². The average molecular weight is 478 g/mol. The van der Waals surface area contributed by atoms with Gasteiger partial charge >= 0.3 is 5.97 Å². The molecular weight excluding hydrogens is 463 g/mol. The third-order valence-corrected chi connectivity index (χ3v) is 4.69. The second-order valence-electron chi connectivity index (χ2n) is 5.71. The molecule has 0 radical (unpaired) electrons. The molecule has 0 heterocycles. The number of ether oxygens (including phenoxy) is 2. The lowest BCUT2D eigenvalue weighted by atomic mass is 10.1. The molecule has 0 unspecified atom stereocenters. The van der Waals surface area contributed by atoms with Crippen LogP contribution in [0.1, 0.15) is 33.2 Å². The van der Waals surface area contributed by atoms with Crippen molar-refractivity contribution in [3.8, 4) is 11.5 Å². The van der Waals surface area contributed by atoms with Crippen molar-refractivity contribution in [1.82, 2.24) is 0 Å². The number of carboxylic acids is 1. The number of benzene rings is 2. The number of aliphatic carboxylic acids is 1. The largest absolute Gasteiger partial charge is 0.490 e. The predicted octanol–water partition coefficient (Wildman–Crippen LogP) is 3.62. The van der Waals surface area contributed by atoms with Crippen LogP contribution in [0, 0.1) is 3.57 Å². The molecule has 0 saturated carbocycles. The van der Waals surface area contributed by atoms with Crippen molar-refractivity contribution < 1.29 is 29.0 Å². The maximum Gasteiger partial charge on any atom is 0.341 e. The van der Waals surface area contributed by atoms with Crippen molar-refractivity contribution >= 4 is 46.2 Å². The maximum atomic E-state index is 12.5. The molecule has 2 aromatic rings. The number of carbonyl (C=O) groups excluding carboxylic acids is 2. The Morgan fingerprint density at radius 1 is 1.11 bits per heavy atom. The van der Waals surface area contributed by atoms with Gasteiger partial charge in [-0.25, -0.2) is 4.79 Å². The number of allylic oxidation sites excluding steroid dienone is 1. The van der Waals surface area contributed by atoms with Crippen LogP contribution in [0.25, 0.3) is 6.08 Å². The van der Waals surface area contributed by atoms with Crippen LogP contribution in [0.15, 0.2) is 42.0 Å². The first-order chi connectivity index (χ1) is 12.9. The summed E-state index contributed by atoms with van der Waals surface area (Å²) in [5.74, 6) is -1.05. The van der Waals surface area contributed by atoms with Gasteiger partial charge < -0.3 is 14.6 Å². The normalized spacial score (nSPS) is 12.7. The number of carbonyl (C=O) groups is 3. The Labute approximate surface area is 168 Å². The SMILES string of the molecule is CCOc1cc(C=C2C(=O)c3ccccc3C2=O)cc(I)c1OCC(=O)O. The van der Waals surface area contributed by atoms with E-state index in [2.05, 4.69) is 0 Å². The van der Waals surface area contributed by atoms with Crippen molar-refractivity contribution in [1.29, 1.82) is 0 Å². The zero-order chi connectivity index (χ0) is 19.6. The van der Waals surface area contributed by atoms with Crippen LogP contribution in [0.3, 0.4) is 0 Å². The number of fused-ring (bicyclic) bond motifs is 1. The Morgan fingerprint density at radius 3 is 2.30 bits per heavy atom. The Kier molecular flexibility index (Phi) is 5.59. The van der Waals surface area contributed by atoms with Crippen LogP contribution in [-0.4, -0.2) is 35.9 Å². The summed E-state index contributed by atoms with van der Waals surface area (Å²) in [6.07, 6.45) is 1.52. The summed E-state index contributed by atoms with van der Waals surface area (Å²) in [6, 6.07) is 10.0. The topological polar surface area (TPSA) is 89.9 Å². The molecular formula is C20H15IO6. The summed E-state index contributed by atoms with van der Waals surface area (Å²) >= 11 is 2.00. The Balaban J connectivity index is 2.00. The first kappa shape index (κ1) is 19.1. The highest BCUT2D eigenvalue weighted by Gasteiger charge is 2.32. The number of ketones is 2. The number of hydrogen-bond donors (Lipinski definition) is 1. The summed E-state index contributed by atoms with van der Waals surface area (Å²) in [7, 11) is 0. The van der Waals surface area contributed by atoms with Gasteiger partial charge in [-0.15, -0.1) is 0 Å². The van der Waals surface area contributed by atoms with Crippen molar-refractivity contribution in [2.75, 3.05) is 13.2 Å². The zero-order valence-electron chi connectivity index (χ0n) is 14.3. The molecule has 1 aliphatic carbocycles. The van der Waals surface area contributed by atoms with E-state index in [9.17, 15) is 14.4 Å². The van der Waals surface area contributed by atoms with Gasteiger partial charge in [0, 0.05) is 11.1 Å². The average Bonchev–Trinajstić information content (AvgIpc) is 2.86. The summed E-state index contributed by atoms with van der Waals surface area (Å²) in [5.41, 5.74) is 1.48. The van der Waals surface area contributed by atoms with Gasteiger partial charge in [-0.1, -0.05) is 24.3 Å². The fourth-order valence-electron chi connectivity index (χ4n) is 2.78. The fourth-order valence-corrected chi connectivity index (χ4v) is 3.56. The molecule has 138 valence electrons. The number of Topliss-reactive ketones (excluding diaryl/α,β-unsaturated/α-hetero) is 2. The van der Waals surface area contributed by atoms with Crippen LogP contribution in [-0.2, 0) is 4.79 Å². The van der Waals surface area contributed by atoms with Gasteiger partial charge in [-0.2, -0.15) is 0 Å². The summed E-state index contributed by atoms with van der Waals surface area (Å²) in [5, 5.41) is 8.82. The van der Waals surface area contributed by atoms with E-state index in [1.165, 1.54) is 6.08 Å². The minimum absolute atomic E-state index is 0.0913. The third-order valence-electron chi connectivity index (χ3n) is 3.89. The Bertz CT molecular complexity index is 939. The van der Waals surface area contributed by atoms with Gasteiger partial charge in [0.1, 0.15) is 0 Å². The number of halogens is 1. The van der Waals surface area contributed by atoms with Gasteiger partial charge in [0.05, 0.1) is 15.8 Å². The molecule has 0 aromatic heterocycles. The number of carboxylic acid groups (broad SMARTS) is 1. The lowest BCUT2D eigenvalue weighted by molar-refractivity contribution is -0.139. The predicted molar refractivity (Wildman–Crippen MR) is 107 cm³/mol. The van der Waals surface area contributed by atoms with Crippen LogP contribution in [0.5, 0.6) is 11.5 Å². The number of hydrogen-bond acceptors (Lipinski definition) is 5. The molecule has 2 aromatic carbocycles. The second-order valence-corrected chi connectivity index (χ2v) is 6.87. The van der Waals surface area contributed by atoms with Gasteiger partial charge in [-0.3, -0.25) is 9.59 Å². The summed E-state index contributed by atoms with van der Waals surface area (Å²) in [4.78, 5) is 35.9. The second kappa shape index (κ2) is 7.91. The van der Waals surface area contributed by atoms with E-state index in [0.29, 0.717) is 38.4 Å². The molecule has 0 spiro atoms. The van der Waals surface area contributed by atoms with Crippen molar-refractivity contribution in [2.45, 2.75) is 6.92 Å². The summed E-state index contributed by atoms with van der Waals surface area (Å²) in [6.45, 7) is 1.64. The van der Waals surface area contributed by atoms with E-state index in [0.717, 1.165) is 0 Å². The molecule has 0 saturated heterocycles. The van der Waals surface area contributed by atoms with Crippen molar-refractivity contribution in [3.63, 3.8) is 0 Å². The number of rotatable bonds is 6. The minimum Gasteiger partial charge on any atom is -0.490 e. The molecule has 6 nitrogen and oxygen atoms in total. The molecule has 7 heteroatoms. The molecule has 1 aliphatic rings. The highest BCUT2D eigenvalue weighted by Crippen LogP contribution is 2.36. The highest BCUT2D eigenvalue weighted by atomic mass is 127. The molecule has 1 N–H and O–H groups in total. The monoisotopic (exact) mass is 478 g/mol. The fraction of sp³-hybridized carbons (Fsp3) is 0.150. The lowest BCUT2D eigenvalue weighted by Gasteiger charge is -2.13. The van der Waals surface area contributed by atoms with Crippen molar-refractivity contribution in [3.05, 3.63) is 62.2 Å². The van der Waals surface area contributed by atoms with Gasteiger partial charge in [-0.05, 0) is 53.3 Å². The Hall–Kier alpha value is -2.68. The summed E-state index contributed by atoms with van der Waals surface area (Å²) < 4.78 is 11.5. The van der Waals surface area contributed by atoms with Crippen LogP contribution in [0.4, 0.5) is 0 Å².